The molecule has 3 aromatic carbocycles. The Balaban J connectivity index is 0.769. The Morgan fingerprint density at radius 2 is 1.38 bits per heavy atom. The topological polar surface area (TPSA) is 198 Å². The lowest BCUT2D eigenvalue weighted by Gasteiger charge is -2.29. The number of ether oxygens (including phenoxy) is 6. The molecular weight excluding hydrogens is 878 g/mol. The van der Waals surface area contributed by atoms with Crippen LogP contribution >= 0.6 is 12.2 Å². The van der Waals surface area contributed by atoms with E-state index in [0.29, 0.717) is 89.7 Å². The van der Waals surface area contributed by atoms with Gasteiger partial charge in [-0.2, -0.15) is 18.4 Å². The number of hydrogen-bond donors (Lipinski definition) is 2. The molecule has 2 fully saturated rings. The second kappa shape index (κ2) is 21.8. The number of nitrogens with zero attached hydrogens (tertiary/aromatic N) is 4. The average Bonchev–Trinajstić information content (AvgIpc) is 3.63. The van der Waals surface area contributed by atoms with E-state index in [0.717, 1.165) is 21.9 Å². The first kappa shape index (κ1) is 48.4. The number of halogens is 3. The van der Waals surface area contributed by atoms with Crippen molar-refractivity contribution in [2.45, 2.75) is 44.4 Å². The van der Waals surface area contributed by atoms with E-state index in [1.54, 1.807) is 55.1 Å². The van der Waals surface area contributed by atoms with E-state index in [4.69, 9.17) is 45.9 Å². The van der Waals surface area contributed by atoms with E-state index in [2.05, 4.69) is 10.6 Å². The number of thiocarbonyl (C=S) groups is 1. The number of anilines is 3. The van der Waals surface area contributed by atoms with Gasteiger partial charge in [0.1, 0.15) is 23.9 Å². The van der Waals surface area contributed by atoms with Crippen LogP contribution in [0.5, 0.6) is 5.75 Å². The summed E-state index contributed by atoms with van der Waals surface area (Å²) in [5.41, 5.74) is -1.67. The highest BCUT2D eigenvalue weighted by Crippen LogP contribution is 2.40. The maximum absolute atomic E-state index is 13.7. The third-order valence-electron chi connectivity index (χ3n) is 10.5. The zero-order valence-corrected chi connectivity index (χ0v) is 36.4. The highest BCUT2D eigenvalue weighted by Gasteiger charge is 2.51. The van der Waals surface area contributed by atoms with Crippen LogP contribution in [0.1, 0.15) is 58.5 Å². The van der Waals surface area contributed by atoms with Crippen molar-refractivity contribution in [3.05, 3.63) is 82.9 Å². The van der Waals surface area contributed by atoms with E-state index in [9.17, 15) is 37.1 Å². The third-order valence-corrected chi connectivity index (χ3v) is 10.8. The molecule has 2 saturated heterocycles. The van der Waals surface area contributed by atoms with Crippen molar-refractivity contribution in [2.75, 3.05) is 94.3 Å². The van der Waals surface area contributed by atoms with E-state index >= 15 is 0 Å². The molecule has 0 aromatic heterocycles. The fourth-order valence-corrected chi connectivity index (χ4v) is 7.79. The average molecular weight is 925 g/mol. The van der Waals surface area contributed by atoms with Crippen LogP contribution in [0.15, 0.2) is 60.7 Å². The fourth-order valence-electron chi connectivity index (χ4n) is 7.27. The number of nitriles is 1. The lowest BCUT2D eigenvalue weighted by atomic mass is 10.0. The van der Waals surface area contributed by atoms with Crippen LogP contribution in [0.25, 0.3) is 0 Å². The predicted octanol–water partition coefficient (Wildman–Crippen LogP) is 4.47. The minimum absolute atomic E-state index is 0.00948. The molecule has 21 heteroatoms. The number of imide groups is 2. The van der Waals surface area contributed by atoms with Gasteiger partial charge in [0.05, 0.1) is 100 Å². The summed E-state index contributed by atoms with van der Waals surface area (Å²) in [4.78, 5) is 67.0. The molecule has 65 heavy (non-hydrogen) atoms. The van der Waals surface area contributed by atoms with Crippen molar-refractivity contribution < 1.29 is 65.6 Å². The van der Waals surface area contributed by atoms with E-state index in [-0.39, 0.29) is 41.4 Å². The summed E-state index contributed by atoms with van der Waals surface area (Å²) >= 11 is 5.59. The number of benzene rings is 3. The molecule has 3 aliphatic heterocycles. The van der Waals surface area contributed by atoms with Gasteiger partial charge in [0.15, 0.2) is 5.11 Å². The molecule has 1 atom stereocenters. The lowest BCUT2D eigenvalue weighted by Crippen LogP contribution is -2.54. The van der Waals surface area contributed by atoms with Crippen molar-refractivity contribution in [3.63, 3.8) is 0 Å². The van der Waals surface area contributed by atoms with E-state index in [1.807, 2.05) is 0 Å². The van der Waals surface area contributed by atoms with Crippen LogP contribution in [0, 0.1) is 11.3 Å². The van der Waals surface area contributed by atoms with Crippen LogP contribution < -0.4 is 25.2 Å². The molecule has 3 heterocycles. The maximum atomic E-state index is 13.7. The first-order valence-electron chi connectivity index (χ1n) is 20.6. The standard InChI is InChI=1S/C44H47F3N6O11S/c1-43(2)41(58)51(30-7-6-28(27-48)33(26-30)44(45,46)47)42(65)53(43)29-8-10-31(11-9-29)64-25-24-63-23-22-62-21-20-61-19-18-60-17-16-59-15-14-49-34-5-3-4-32-37(34)40(57)52(39(32)56)35-12-13-36(54)50-38(35)55/h3-11,26,35,49H,12-25H2,1-2H3,(H,50,54,55). The number of fused-ring (bicyclic) bond motifs is 1. The monoisotopic (exact) mass is 924 g/mol. The Kier molecular flexibility index (Phi) is 16.2. The van der Waals surface area contributed by atoms with E-state index in [1.165, 1.54) is 18.2 Å². The van der Waals surface area contributed by atoms with Crippen LogP contribution in [0.4, 0.5) is 30.2 Å². The van der Waals surface area contributed by atoms with Crippen molar-refractivity contribution >= 4 is 63.9 Å². The Bertz CT molecular complexity index is 2310. The number of carbonyl (C=O) groups excluding carboxylic acids is 5. The number of carbonyl (C=O) groups is 5. The Hall–Kier alpha value is -6.02. The number of piperidine rings is 1. The van der Waals surface area contributed by atoms with Crippen molar-refractivity contribution in [3.8, 4) is 11.8 Å². The third kappa shape index (κ3) is 11.4. The second-order valence-corrected chi connectivity index (χ2v) is 15.5. The maximum Gasteiger partial charge on any atom is 0.417 e. The normalized spacial score (nSPS) is 17.2. The van der Waals surface area contributed by atoms with Crippen LogP contribution in [-0.4, -0.2) is 130 Å². The predicted molar refractivity (Wildman–Crippen MR) is 230 cm³/mol. The van der Waals surface area contributed by atoms with Crippen molar-refractivity contribution in [2.24, 2.45) is 0 Å². The summed E-state index contributed by atoms with van der Waals surface area (Å²) in [6.45, 7) is 7.26. The van der Waals surface area contributed by atoms with Gasteiger partial charge in [-0.1, -0.05) is 6.07 Å². The van der Waals surface area contributed by atoms with Gasteiger partial charge in [-0.3, -0.25) is 39.1 Å². The number of amides is 5. The number of nitrogens with one attached hydrogen (secondary N) is 2. The Morgan fingerprint density at radius 1 is 0.800 bits per heavy atom. The SMILES string of the molecule is CC1(C)C(=O)N(c2ccc(C#N)c(C(F)(F)F)c2)C(=S)N1c1ccc(OCCOCCOCCOCCOCCOCCNc2cccc3c2C(=O)N(C2CCC(=O)NC2=O)C3=O)cc1. The van der Waals surface area contributed by atoms with Crippen LogP contribution in [0.2, 0.25) is 0 Å². The number of rotatable bonds is 23. The molecule has 0 spiro atoms. The van der Waals surface area contributed by atoms with Gasteiger partial charge in [-0.25, -0.2) is 0 Å². The summed E-state index contributed by atoms with van der Waals surface area (Å²) in [6.07, 6.45) is -4.67. The molecule has 2 N–H and O–H groups in total. The highest BCUT2D eigenvalue weighted by atomic mass is 32.1. The van der Waals surface area contributed by atoms with Crippen LogP contribution in [0.3, 0.4) is 0 Å². The molecule has 0 radical (unpaired) electrons. The molecule has 5 amide bonds. The number of hydrogen-bond acceptors (Lipinski definition) is 14. The van der Waals surface area contributed by atoms with Crippen molar-refractivity contribution in [1.29, 1.82) is 5.26 Å². The molecule has 346 valence electrons. The van der Waals surface area contributed by atoms with Gasteiger partial charge in [-0.15, -0.1) is 0 Å². The highest BCUT2D eigenvalue weighted by molar-refractivity contribution is 7.81. The minimum atomic E-state index is -4.80. The summed E-state index contributed by atoms with van der Waals surface area (Å²) in [6, 6.07) is 15.2. The van der Waals surface area contributed by atoms with Gasteiger partial charge in [-0.05, 0) is 87.1 Å². The second-order valence-electron chi connectivity index (χ2n) is 15.2. The van der Waals surface area contributed by atoms with Gasteiger partial charge >= 0.3 is 6.18 Å². The van der Waals surface area contributed by atoms with E-state index < -0.39 is 58.4 Å². The van der Waals surface area contributed by atoms with Crippen molar-refractivity contribution in [1.82, 2.24) is 10.2 Å². The van der Waals surface area contributed by atoms with Gasteiger partial charge in [0.25, 0.3) is 17.7 Å². The Morgan fingerprint density at radius 3 is 1.97 bits per heavy atom. The Labute approximate surface area is 377 Å². The van der Waals surface area contributed by atoms with Gasteiger partial charge < -0.3 is 38.6 Å². The summed E-state index contributed by atoms with van der Waals surface area (Å²) < 4.78 is 74.4. The molecular formula is C44H47F3N6O11S. The molecule has 1 unspecified atom stereocenters. The lowest BCUT2D eigenvalue weighted by molar-refractivity contribution is -0.138. The molecule has 0 saturated carbocycles. The summed E-state index contributed by atoms with van der Waals surface area (Å²) in [7, 11) is 0. The smallest absolute Gasteiger partial charge is 0.417 e. The summed E-state index contributed by atoms with van der Waals surface area (Å²) in [5.74, 6) is -2.25. The first-order chi connectivity index (χ1) is 31.1. The molecule has 0 aliphatic carbocycles. The zero-order chi connectivity index (χ0) is 46.7. The zero-order valence-electron chi connectivity index (χ0n) is 35.6. The van der Waals surface area contributed by atoms with Gasteiger partial charge in [0.2, 0.25) is 11.8 Å². The fraction of sp³-hybridized carbons (Fsp3) is 0.432. The first-order valence-corrected chi connectivity index (χ1v) is 21.1. The molecule has 3 aromatic rings. The van der Waals surface area contributed by atoms with Gasteiger partial charge in [0, 0.05) is 24.3 Å². The molecule has 3 aliphatic rings. The largest absolute Gasteiger partial charge is 0.491 e. The van der Waals surface area contributed by atoms with Crippen LogP contribution in [-0.2, 0) is 44.2 Å². The molecule has 0 bridgehead atoms. The number of alkyl halides is 3. The summed E-state index contributed by atoms with van der Waals surface area (Å²) in [5, 5.41) is 14.5. The molecule has 6 rings (SSSR count). The quantitative estimate of drug-likeness (QED) is 0.0767. The minimum Gasteiger partial charge on any atom is -0.491 e. The molecule has 17 nitrogen and oxygen atoms in total.